The Bertz CT molecular complexity index is 1400. The molecule has 3 nitrogen and oxygen atoms in total. The van der Waals surface area contributed by atoms with Gasteiger partial charge in [0.25, 0.3) is 0 Å². The fraction of sp³-hybridized carbons (Fsp3) is 0.133. The third-order valence-electron chi connectivity index (χ3n) is 6.19. The zero-order valence-electron chi connectivity index (χ0n) is 18.7. The molecular formula is C30H27NO2. The highest BCUT2D eigenvalue weighted by atomic mass is 16.5. The first-order valence-electron chi connectivity index (χ1n) is 11.3. The van der Waals surface area contributed by atoms with Crippen molar-refractivity contribution < 1.29 is 9.84 Å². The molecule has 0 radical (unpaired) electrons. The van der Waals surface area contributed by atoms with E-state index in [2.05, 4.69) is 84.2 Å². The predicted molar refractivity (Wildman–Crippen MR) is 138 cm³/mol. The Morgan fingerprint density at radius 1 is 0.697 bits per heavy atom. The molecule has 5 aromatic rings. The van der Waals surface area contributed by atoms with Crippen molar-refractivity contribution in [3.8, 4) is 16.9 Å². The summed E-state index contributed by atoms with van der Waals surface area (Å²) in [5.41, 5.74) is 4.33. The Balaban J connectivity index is 1.71. The third kappa shape index (κ3) is 4.15. The Hall–Kier alpha value is -3.82. The van der Waals surface area contributed by atoms with E-state index in [1.807, 2.05) is 24.3 Å². The average Bonchev–Trinajstić information content (AvgIpc) is 2.88. The summed E-state index contributed by atoms with van der Waals surface area (Å²) in [6.45, 7) is 0.0355. The molecule has 3 heteroatoms. The van der Waals surface area contributed by atoms with E-state index < -0.39 is 0 Å². The molecule has 164 valence electrons. The molecule has 0 bridgehead atoms. The predicted octanol–water partition coefficient (Wildman–Crippen LogP) is 6.68. The lowest BCUT2D eigenvalue weighted by Gasteiger charge is -2.23. The Morgan fingerprint density at radius 3 is 1.97 bits per heavy atom. The van der Waals surface area contributed by atoms with Crippen LogP contribution in [0.1, 0.15) is 5.56 Å². The molecular weight excluding hydrogens is 406 g/mol. The van der Waals surface area contributed by atoms with E-state index in [0.29, 0.717) is 0 Å². The maximum atomic E-state index is 10.2. The van der Waals surface area contributed by atoms with Gasteiger partial charge in [-0.15, -0.1) is 0 Å². The van der Waals surface area contributed by atoms with Crippen LogP contribution < -0.4 is 10.1 Å². The minimum Gasteiger partial charge on any atom is -0.496 e. The van der Waals surface area contributed by atoms with Crippen LogP contribution in [0, 0.1) is 0 Å². The summed E-state index contributed by atoms with van der Waals surface area (Å²) >= 11 is 0. The maximum Gasteiger partial charge on any atom is 0.127 e. The summed E-state index contributed by atoms with van der Waals surface area (Å²) in [6.07, 6.45) is 0.732. The smallest absolute Gasteiger partial charge is 0.127 e. The number of hydrogen-bond acceptors (Lipinski definition) is 3. The van der Waals surface area contributed by atoms with Gasteiger partial charge in [0.15, 0.2) is 0 Å². The number of aliphatic hydroxyl groups excluding tert-OH is 1. The van der Waals surface area contributed by atoms with Gasteiger partial charge in [0, 0.05) is 16.8 Å². The summed E-state index contributed by atoms with van der Waals surface area (Å²) in [5.74, 6) is 0.830. The quantitative estimate of drug-likeness (QED) is 0.301. The highest BCUT2D eigenvalue weighted by Crippen LogP contribution is 2.44. The first-order valence-corrected chi connectivity index (χ1v) is 11.3. The molecule has 1 atom stereocenters. The molecule has 0 unspecified atom stereocenters. The molecule has 0 heterocycles. The number of aliphatic hydroxyl groups is 1. The van der Waals surface area contributed by atoms with Gasteiger partial charge in [-0.25, -0.2) is 0 Å². The fourth-order valence-electron chi connectivity index (χ4n) is 4.62. The van der Waals surface area contributed by atoms with Crippen molar-refractivity contribution in [2.75, 3.05) is 19.0 Å². The first kappa shape index (κ1) is 21.0. The van der Waals surface area contributed by atoms with Gasteiger partial charge in [0.05, 0.1) is 19.8 Å². The lowest BCUT2D eigenvalue weighted by molar-refractivity contribution is 0.274. The van der Waals surface area contributed by atoms with Crippen LogP contribution in [0.5, 0.6) is 5.75 Å². The molecule has 0 aromatic heterocycles. The van der Waals surface area contributed by atoms with Gasteiger partial charge in [-0.2, -0.15) is 0 Å². The van der Waals surface area contributed by atoms with Crippen LogP contribution in [-0.4, -0.2) is 24.9 Å². The molecule has 0 saturated carbocycles. The number of anilines is 1. The van der Waals surface area contributed by atoms with Crippen molar-refractivity contribution in [3.05, 3.63) is 109 Å². The van der Waals surface area contributed by atoms with Gasteiger partial charge in [-0.05, 0) is 45.7 Å². The van der Waals surface area contributed by atoms with Crippen LogP contribution in [0.2, 0.25) is 0 Å². The highest BCUT2D eigenvalue weighted by Gasteiger charge is 2.19. The molecule has 5 rings (SSSR count). The molecule has 0 saturated heterocycles. The molecule has 0 aliphatic carbocycles. The Kier molecular flexibility index (Phi) is 5.97. The lowest BCUT2D eigenvalue weighted by Crippen LogP contribution is -2.26. The summed E-state index contributed by atoms with van der Waals surface area (Å²) < 4.78 is 5.86. The molecule has 0 amide bonds. The number of ether oxygens (including phenoxy) is 1. The van der Waals surface area contributed by atoms with Gasteiger partial charge in [-0.3, -0.25) is 0 Å². The van der Waals surface area contributed by atoms with Crippen molar-refractivity contribution in [2.24, 2.45) is 0 Å². The van der Waals surface area contributed by atoms with Gasteiger partial charge in [-0.1, -0.05) is 91.0 Å². The molecule has 0 aliphatic rings. The van der Waals surface area contributed by atoms with E-state index >= 15 is 0 Å². The molecule has 0 fully saturated rings. The Morgan fingerprint density at radius 2 is 1.30 bits per heavy atom. The number of rotatable bonds is 7. The van der Waals surface area contributed by atoms with Gasteiger partial charge in [0.2, 0.25) is 0 Å². The van der Waals surface area contributed by atoms with Crippen LogP contribution in [0.25, 0.3) is 32.7 Å². The molecule has 5 aromatic carbocycles. The average molecular weight is 434 g/mol. The van der Waals surface area contributed by atoms with Crippen LogP contribution >= 0.6 is 0 Å². The SMILES string of the molecule is COc1ccc2ccccc2c1-c1c(N[C@H](CO)Cc2ccccc2)ccc2ccccc12. The normalized spacial score (nSPS) is 12.1. The Labute approximate surface area is 194 Å². The van der Waals surface area contributed by atoms with Crippen LogP contribution in [0.15, 0.2) is 103 Å². The van der Waals surface area contributed by atoms with Gasteiger partial charge < -0.3 is 15.2 Å². The number of methoxy groups -OCH3 is 1. The van der Waals surface area contributed by atoms with Crippen molar-refractivity contribution in [1.82, 2.24) is 0 Å². The van der Waals surface area contributed by atoms with Crippen molar-refractivity contribution in [3.63, 3.8) is 0 Å². The van der Waals surface area contributed by atoms with E-state index in [9.17, 15) is 5.11 Å². The largest absolute Gasteiger partial charge is 0.496 e. The molecule has 0 spiro atoms. The molecule has 2 N–H and O–H groups in total. The molecule has 33 heavy (non-hydrogen) atoms. The minimum absolute atomic E-state index is 0.0355. The fourth-order valence-corrected chi connectivity index (χ4v) is 4.62. The van der Waals surface area contributed by atoms with Crippen molar-refractivity contribution in [1.29, 1.82) is 0 Å². The number of nitrogens with one attached hydrogen (secondary N) is 1. The van der Waals surface area contributed by atoms with Gasteiger partial charge in [0.1, 0.15) is 5.75 Å². The summed E-state index contributed by atoms with van der Waals surface area (Å²) in [7, 11) is 1.72. The monoisotopic (exact) mass is 433 g/mol. The second-order valence-electron chi connectivity index (χ2n) is 8.29. The lowest BCUT2D eigenvalue weighted by atomic mass is 9.91. The van der Waals surface area contributed by atoms with Crippen molar-refractivity contribution in [2.45, 2.75) is 12.5 Å². The second-order valence-corrected chi connectivity index (χ2v) is 8.29. The summed E-state index contributed by atoms with van der Waals surface area (Å²) in [6, 6.07) is 35.4. The topological polar surface area (TPSA) is 41.5 Å². The second kappa shape index (κ2) is 9.35. The minimum atomic E-state index is -0.117. The number of fused-ring (bicyclic) bond motifs is 2. The van der Waals surface area contributed by atoms with Gasteiger partial charge >= 0.3 is 0 Å². The highest BCUT2D eigenvalue weighted by molar-refractivity contribution is 6.11. The number of benzene rings is 5. The van der Waals surface area contributed by atoms with Crippen LogP contribution in [0.4, 0.5) is 5.69 Å². The summed E-state index contributed by atoms with van der Waals surface area (Å²) in [4.78, 5) is 0. The van der Waals surface area contributed by atoms with Crippen LogP contribution in [-0.2, 0) is 6.42 Å². The zero-order chi connectivity index (χ0) is 22.6. The van der Waals surface area contributed by atoms with E-state index in [1.54, 1.807) is 7.11 Å². The van der Waals surface area contributed by atoms with E-state index in [-0.39, 0.29) is 12.6 Å². The van der Waals surface area contributed by atoms with Crippen molar-refractivity contribution >= 4 is 27.2 Å². The van der Waals surface area contributed by atoms with E-state index in [4.69, 9.17) is 4.74 Å². The first-order chi connectivity index (χ1) is 16.3. The maximum absolute atomic E-state index is 10.2. The van der Waals surface area contributed by atoms with Crippen LogP contribution in [0.3, 0.4) is 0 Å². The molecule has 0 aliphatic heterocycles. The third-order valence-corrected chi connectivity index (χ3v) is 6.19. The number of hydrogen-bond donors (Lipinski definition) is 2. The summed E-state index contributed by atoms with van der Waals surface area (Å²) in [5, 5.41) is 18.5. The standard InChI is InChI=1S/C30H27NO2/c1-33-28-18-16-23-12-6-8-14-26(23)30(28)29-25-13-7-5-11-22(25)15-17-27(29)31-24(20-32)19-21-9-3-2-4-10-21/h2-18,24,31-32H,19-20H2,1H3/t24-/m0/s1. The van der Waals surface area contributed by atoms with E-state index in [0.717, 1.165) is 50.5 Å². The van der Waals surface area contributed by atoms with E-state index in [1.165, 1.54) is 5.56 Å². The zero-order valence-corrected chi connectivity index (χ0v) is 18.7.